The summed E-state index contributed by atoms with van der Waals surface area (Å²) in [7, 11) is 1.56. The lowest BCUT2D eigenvalue weighted by Crippen LogP contribution is -2.20. The Morgan fingerprint density at radius 2 is 1.56 bits per heavy atom. The molecule has 0 bridgehead atoms. The second-order valence-corrected chi connectivity index (χ2v) is 6.89. The summed E-state index contributed by atoms with van der Waals surface area (Å²) in [5, 5.41) is 2.73. The van der Waals surface area contributed by atoms with E-state index >= 15 is 0 Å². The normalized spacial score (nSPS) is 10.2. The minimum Gasteiger partial charge on any atom is -0.497 e. The van der Waals surface area contributed by atoms with Gasteiger partial charge >= 0.3 is 5.97 Å². The van der Waals surface area contributed by atoms with Crippen molar-refractivity contribution in [3.05, 3.63) is 83.9 Å². The molecule has 0 aliphatic carbocycles. The standard InChI is InChI=1S/C25H25NO6/c1-18-5-3-8-23(15-18)30-13-14-31-25(28)19-9-11-21(12-10-19)32-17-24(27)26-20-6-4-7-22(16-20)29-2/h3-12,15-16H,13-14,17H2,1-2H3,(H,26,27). The summed E-state index contributed by atoms with van der Waals surface area (Å²) in [6.45, 7) is 2.21. The molecule has 7 heteroatoms. The Labute approximate surface area is 186 Å². The number of esters is 1. The average Bonchev–Trinajstić information content (AvgIpc) is 2.81. The molecule has 0 aromatic heterocycles. The van der Waals surface area contributed by atoms with Crippen molar-refractivity contribution in [1.29, 1.82) is 0 Å². The number of rotatable bonds is 10. The first-order chi connectivity index (χ1) is 15.5. The molecule has 0 saturated carbocycles. The Morgan fingerprint density at radius 1 is 0.812 bits per heavy atom. The summed E-state index contributed by atoms with van der Waals surface area (Å²) in [5.41, 5.74) is 2.09. The lowest BCUT2D eigenvalue weighted by molar-refractivity contribution is -0.118. The summed E-state index contributed by atoms with van der Waals surface area (Å²) in [5.74, 6) is 1.08. The van der Waals surface area contributed by atoms with Gasteiger partial charge in [0.2, 0.25) is 0 Å². The highest BCUT2D eigenvalue weighted by Crippen LogP contribution is 2.17. The lowest BCUT2D eigenvalue weighted by Gasteiger charge is -2.10. The number of benzene rings is 3. The number of hydrogen-bond acceptors (Lipinski definition) is 6. The van der Waals surface area contributed by atoms with Crippen LogP contribution in [0, 0.1) is 6.92 Å². The predicted octanol–water partition coefficient (Wildman–Crippen LogP) is 4.26. The topological polar surface area (TPSA) is 83.1 Å². The van der Waals surface area contributed by atoms with Crippen LogP contribution in [-0.2, 0) is 9.53 Å². The molecule has 0 aliphatic heterocycles. The van der Waals surface area contributed by atoms with Crippen LogP contribution < -0.4 is 19.5 Å². The van der Waals surface area contributed by atoms with Crippen LogP contribution in [0.3, 0.4) is 0 Å². The number of carbonyl (C=O) groups is 2. The fraction of sp³-hybridized carbons (Fsp3) is 0.200. The first-order valence-electron chi connectivity index (χ1n) is 10.1. The highest BCUT2D eigenvalue weighted by Gasteiger charge is 2.09. The van der Waals surface area contributed by atoms with E-state index in [4.69, 9.17) is 18.9 Å². The molecule has 1 amide bonds. The van der Waals surface area contributed by atoms with Crippen LogP contribution >= 0.6 is 0 Å². The Morgan fingerprint density at radius 3 is 2.31 bits per heavy atom. The van der Waals surface area contributed by atoms with Crippen LogP contribution in [0.2, 0.25) is 0 Å². The van der Waals surface area contributed by atoms with E-state index in [9.17, 15) is 9.59 Å². The fourth-order valence-electron chi connectivity index (χ4n) is 2.82. The molecule has 3 aromatic carbocycles. The number of hydrogen-bond donors (Lipinski definition) is 1. The van der Waals surface area contributed by atoms with Crippen molar-refractivity contribution < 1.29 is 28.5 Å². The second-order valence-electron chi connectivity index (χ2n) is 6.89. The Bertz CT molecular complexity index is 1050. The van der Waals surface area contributed by atoms with Gasteiger partial charge in [-0.2, -0.15) is 0 Å². The first kappa shape index (κ1) is 22.7. The molecule has 0 radical (unpaired) electrons. The number of nitrogens with one attached hydrogen (secondary N) is 1. The van der Waals surface area contributed by atoms with Gasteiger partial charge in [0.05, 0.1) is 12.7 Å². The third-order valence-corrected chi connectivity index (χ3v) is 4.39. The molecule has 7 nitrogen and oxygen atoms in total. The number of methoxy groups -OCH3 is 1. The number of anilines is 1. The molecular formula is C25H25NO6. The van der Waals surface area contributed by atoms with Crippen LogP contribution in [0.5, 0.6) is 17.2 Å². The summed E-state index contributed by atoms with van der Waals surface area (Å²) in [6.07, 6.45) is 0. The van der Waals surface area contributed by atoms with E-state index in [1.807, 2.05) is 31.2 Å². The van der Waals surface area contributed by atoms with Crippen molar-refractivity contribution in [2.24, 2.45) is 0 Å². The summed E-state index contributed by atoms with van der Waals surface area (Å²) < 4.78 is 21.4. The number of ether oxygens (including phenoxy) is 4. The largest absolute Gasteiger partial charge is 0.497 e. The zero-order chi connectivity index (χ0) is 22.8. The maximum absolute atomic E-state index is 12.2. The summed E-state index contributed by atoms with van der Waals surface area (Å²) in [4.78, 5) is 24.2. The molecule has 0 aliphatic rings. The summed E-state index contributed by atoms with van der Waals surface area (Å²) in [6, 6.07) is 21.1. The Hall–Kier alpha value is -4.00. The van der Waals surface area contributed by atoms with Crippen LogP contribution in [0.25, 0.3) is 0 Å². The van der Waals surface area contributed by atoms with E-state index in [0.717, 1.165) is 11.3 Å². The number of amides is 1. The minimum absolute atomic E-state index is 0.134. The second kappa shape index (κ2) is 11.4. The number of carbonyl (C=O) groups excluding carboxylic acids is 2. The molecule has 0 spiro atoms. The molecular weight excluding hydrogens is 410 g/mol. The maximum atomic E-state index is 12.2. The van der Waals surface area contributed by atoms with Gasteiger partial charge in [0.1, 0.15) is 30.5 Å². The third-order valence-electron chi connectivity index (χ3n) is 4.39. The van der Waals surface area contributed by atoms with Crippen molar-refractivity contribution in [2.45, 2.75) is 6.92 Å². The van der Waals surface area contributed by atoms with Crippen LogP contribution in [0.4, 0.5) is 5.69 Å². The van der Waals surface area contributed by atoms with E-state index in [0.29, 0.717) is 22.7 Å². The third kappa shape index (κ3) is 7.05. The van der Waals surface area contributed by atoms with Crippen LogP contribution in [0.1, 0.15) is 15.9 Å². The van der Waals surface area contributed by atoms with Crippen LogP contribution in [-0.4, -0.2) is 38.8 Å². The quantitative estimate of drug-likeness (QED) is 0.379. The van der Waals surface area contributed by atoms with Gasteiger partial charge < -0.3 is 24.3 Å². The van der Waals surface area contributed by atoms with Gasteiger partial charge in [0.15, 0.2) is 6.61 Å². The van der Waals surface area contributed by atoms with Crippen LogP contribution in [0.15, 0.2) is 72.8 Å². The van der Waals surface area contributed by atoms with Gasteiger partial charge in [-0.1, -0.05) is 18.2 Å². The minimum atomic E-state index is -0.458. The Kier molecular flexibility index (Phi) is 8.09. The van der Waals surface area contributed by atoms with Crippen molar-refractivity contribution in [3.8, 4) is 17.2 Å². The zero-order valence-corrected chi connectivity index (χ0v) is 18.0. The maximum Gasteiger partial charge on any atom is 0.338 e. The van der Waals surface area contributed by atoms with Gasteiger partial charge in [-0.3, -0.25) is 4.79 Å². The van der Waals surface area contributed by atoms with E-state index in [1.54, 1.807) is 55.6 Å². The average molecular weight is 435 g/mol. The first-order valence-corrected chi connectivity index (χ1v) is 10.1. The molecule has 3 aromatic rings. The summed E-state index contributed by atoms with van der Waals surface area (Å²) >= 11 is 0. The molecule has 0 fully saturated rings. The molecule has 0 saturated heterocycles. The number of aryl methyl sites for hydroxylation is 1. The molecule has 0 atom stereocenters. The van der Waals surface area contributed by atoms with Gasteiger partial charge in [-0.15, -0.1) is 0 Å². The smallest absolute Gasteiger partial charge is 0.338 e. The Balaban J connectivity index is 1.39. The highest BCUT2D eigenvalue weighted by atomic mass is 16.6. The van der Waals surface area contributed by atoms with Gasteiger partial charge in [0, 0.05) is 11.8 Å². The zero-order valence-electron chi connectivity index (χ0n) is 18.0. The van der Waals surface area contributed by atoms with Gasteiger partial charge in [0.25, 0.3) is 5.91 Å². The van der Waals surface area contributed by atoms with Gasteiger partial charge in [-0.25, -0.2) is 4.79 Å². The van der Waals surface area contributed by atoms with E-state index in [1.165, 1.54) is 0 Å². The van der Waals surface area contributed by atoms with Crippen molar-refractivity contribution >= 4 is 17.6 Å². The molecule has 3 rings (SSSR count). The molecule has 166 valence electrons. The molecule has 0 heterocycles. The van der Waals surface area contributed by atoms with Gasteiger partial charge in [-0.05, 0) is 61.0 Å². The van der Waals surface area contributed by atoms with Crippen molar-refractivity contribution in [1.82, 2.24) is 0 Å². The molecule has 32 heavy (non-hydrogen) atoms. The molecule has 0 unspecified atom stereocenters. The van der Waals surface area contributed by atoms with Crippen molar-refractivity contribution in [3.63, 3.8) is 0 Å². The lowest BCUT2D eigenvalue weighted by atomic mass is 10.2. The highest BCUT2D eigenvalue weighted by molar-refractivity contribution is 5.92. The molecule has 1 N–H and O–H groups in total. The van der Waals surface area contributed by atoms with Crippen molar-refractivity contribution in [2.75, 3.05) is 32.2 Å². The monoisotopic (exact) mass is 435 g/mol. The fourth-order valence-corrected chi connectivity index (χ4v) is 2.82. The SMILES string of the molecule is COc1cccc(NC(=O)COc2ccc(C(=O)OCCOc3cccc(C)c3)cc2)c1. The van der Waals surface area contributed by atoms with E-state index in [-0.39, 0.29) is 25.7 Å². The van der Waals surface area contributed by atoms with E-state index < -0.39 is 5.97 Å². The predicted molar refractivity (Wildman–Crippen MR) is 121 cm³/mol. The van der Waals surface area contributed by atoms with E-state index in [2.05, 4.69) is 5.32 Å².